The van der Waals surface area contributed by atoms with Gasteiger partial charge in [0.2, 0.25) is 5.95 Å². The zero-order valence-corrected chi connectivity index (χ0v) is 17.9. The average Bonchev–Trinajstić information content (AvgIpc) is 2.83. The second-order valence-corrected chi connectivity index (χ2v) is 7.21. The Balaban J connectivity index is 1.69. The van der Waals surface area contributed by atoms with Gasteiger partial charge in [-0.3, -0.25) is 9.59 Å². The van der Waals surface area contributed by atoms with Gasteiger partial charge in [0.05, 0.1) is 25.2 Å². The monoisotopic (exact) mass is 423 g/mol. The molecule has 9 heteroatoms. The number of rotatable bonds is 5. The predicted octanol–water partition coefficient (Wildman–Crippen LogP) is 1.79. The number of carbonyl (C=O) groups excluding carboxylic acids is 1. The van der Waals surface area contributed by atoms with Crippen LogP contribution in [0.2, 0.25) is 0 Å². The van der Waals surface area contributed by atoms with E-state index >= 15 is 0 Å². The number of aryl methyl sites for hydroxylation is 1. The second kappa shape index (κ2) is 8.63. The summed E-state index contributed by atoms with van der Waals surface area (Å²) in [5.41, 5.74) is 0.308. The molecule has 1 aromatic carbocycles. The highest BCUT2D eigenvalue weighted by molar-refractivity contribution is 6.07. The molecule has 0 aliphatic carbocycles. The molecule has 1 fully saturated rings. The molecule has 3 aromatic rings. The largest absolute Gasteiger partial charge is 0.493 e. The van der Waals surface area contributed by atoms with E-state index in [1.54, 1.807) is 46.3 Å². The van der Waals surface area contributed by atoms with Crippen LogP contribution in [0.25, 0.3) is 10.8 Å². The fourth-order valence-electron chi connectivity index (χ4n) is 3.86. The lowest BCUT2D eigenvalue weighted by Gasteiger charge is -2.35. The summed E-state index contributed by atoms with van der Waals surface area (Å²) in [6.07, 6.45) is 5.06. The van der Waals surface area contributed by atoms with Gasteiger partial charge in [-0.2, -0.15) is 0 Å². The number of piperazine rings is 1. The van der Waals surface area contributed by atoms with Crippen LogP contribution in [0, 0.1) is 0 Å². The average molecular weight is 423 g/mol. The number of hydrogen-bond acceptors (Lipinski definition) is 7. The lowest BCUT2D eigenvalue weighted by molar-refractivity contribution is 0.0747. The number of nitrogens with zero attached hydrogens (tertiary/aromatic N) is 5. The van der Waals surface area contributed by atoms with Crippen LogP contribution in [0.4, 0.5) is 5.95 Å². The van der Waals surface area contributed by atoms with Gasteiger partial charge < -0.3 is 23.8 Å². The molecule has 2 aromatic heterocycles. The third kappa shape index (κ3) is 3.78. The zero-order valence-electron chi connectivity index (χ0n) is 17.9. The Labute approximate surface area is 179 Å². The SMILES string of the molecule is CCn1cc(C(=O)N2CCN(c3ncccn3)CC2)c2cc(OC)c(OC)cc2c1=O. The Morgan fingerprint density at radius 2 is 1.61 bits per heavy atom. The summed E-state index contributed by atoms with van der Waals surface area (Å²) in [7, 11) is 3.05. The lowest BCUT2D eigenvalue weighted by atomic mass is 10.0. The number of benzene rings is 1. The van der Waals surface area contributed by atoms with E-state index in [0.29, 0.717) is 66.5 Å². The Bertz CT molecular complexity index is 1150. The van der Waals surface area contributed by atoms with Crippen molar-refractivity contribution < 1.29 is 14.3 Å². The van der Waals surface area contributed by atoms with Crippen molar-refractivity contribution in [3.63, 3.8) is 0 Å². The normalized spacial score (nSPS) is 14.0. The van der Waals surface area contributed by atoms with Crippen LogP contribution in [-0.4, -0.2) is 65.7 Å². The van der Waals surface area contributed by atoms with Gasteiger partial charge in [0, 0.05) is 56.7 Å². The van der Waals surface area contributed by atoms with Gasteiger partial charge in [-0.05, 0) is 25.1 Å². The van der Waals surface area contributed by atoms with Crippen LogP contribution in [0.5, 0.6) is 11.5 Å². The van der Waals surface area contributed by atoms with Crippen LogP contribution in [0.3, 0.4) is 0 Å². The quantitative estimate of drug-likeness (QED) is 0.618. The van der Waals surface area contributed by atoms with E-state index in [0.717, 1.165) is 0 Å². The minimum atomic E-state index is -0.166. The summed E-state index contributed by atoms with van der Waals surface area (Å²) in [5.74, 6) is 1.48. The van der Waals surface area contributed by atoms with E-state index < -0.39 is 0 Å². The second-order valence-electron chi connectivity index (χ2n) is 7.21. The van der Waals surface area contributed by atoms with Crippen molar-refractivity contribution in [2.75, 3.05) is 45.3 Å². The Morgan fingerprint density at radius 1 is 1.00 bits per heavy atom. The number of carbonyl (C=O) groups is 1. The number of hydrogen-bond donors (Lipinski definition) is 0. The third-order valence-electron chi connectivity index (χ3n) is 5.56. The summed E-state index contributed by atoms with van der Waals surface area (Å²) >= 11 is 0. The number of pyridine rings is 1. The summed E-state index contributed by atoms with van der Waals surface area (Å²) in [4.78, 5) is 38.8. The van der Waals surface area contributed by atoms with Gasteiger partial charge in [-0.1, -0.05) is 0 Å². The molecule has 0 atom stereocenters. The maximum atomic E-state index is 13.5. The summed E-state index contributed by atoms with van der Waals surface area (Å²) in [5, 5.41) is 0.993. The van der Waals surface area contributed by atoms with Crippen molar-refractivity contribution in [2.24, 2.45) is 0 Å². The fourth-order valence-corrected chi connectivity index (χ4v) is 3.86. The van der Waals surface area contributed by atoms with E-state index in [4.69, 9.17) is 9.47 Å². The zero-order chi connectivity index (χ0) is 22.0. The maximum Gasteiger partial charge on any atom is 0.258 e. The van der Waals surface area contributed by atoms with Gasteiger partial charge in [0.25, 0.3) is 11.5 Å². The first-order chi connectivity index (χ1) is 15.1. The van der Waals surface area contributed by atoms with Crippen molar-refractivity contribution in [2.45, 2.75) is 13.5 Å². The molecule has 0 radical (unpaired) electrons. The standard InChI is InChI=1S/C22H25N5O4/c1-4-25-14-17(15-12-18(30-2)19(31-3)13-16(15)20(25)28)21(29)26-8-10-27(11-9-26)22-23-6-5-7-24-22/h5-7,12-14H,4,8-11H2,1-3H3. The minimum absolute atomic E-state index is 0.118. The van der Waals surface area contributed by atoms with Gasteiger partial charge in [-0.15, -0.1) is 0 Å². The highest BCUT2D eigenvalue weighted by Crippen LogP contribution is 2.32. The molecule has 0 unspecified atom stereocenters. The number of fused-ring (bicyclic) bond motifs is 1. The molecule has 1 aliphatic heterocycles. The van der Waals surface area contributed by atoms with Crippen molar-refractivity contribution in [1.82, 2.24) is 19.4 Å². The van der Waals surface area contributed by atoms with Crippen LogP contribution in [0.15, 0.2) is 41.6 Å². The number of methoxy groups -OCH3 is 2. The van der Waals surface area contributed by atoms with Crippen LogP contribution >= 0.6 is 0 Å². The minimum Gasteiger partial charge on any atom is -0.493 e. The molecule has 1 amide bonds. The summed E-state index contributed by atoms with van der Waals surface area (Å²) < 4.78 is 12.3. The van der Waals surface area contributed by atoms with Crippen molar-refractivity contribution in [3.05, 3.63) is 52.7 Å². The fraction of sp³-hybridized carbons (Fsp3) is 0.364. The van der Waals surface area contributed by atoms with Crippen LogP contribution in [-0.2, 0) is 6.54 Å². The highest BCUT2D eigenvalue weighted by Gasteiger charge is 2.26. The van der Waals surface area contributed by atoms with Crippen molar-refractivity contribution in [1.29, 1.82) is 0 Å². The molecule has 3 heterocycles. The first kappa shape index (κ1) is 20.6. The predicted molar refractivity (Wildman–Crippen MR) is 117 cm³/mol. The maximum absolute atomic E-state index is 13.5. The van der Waals surface area contributed by atoms with E-state index in [1.165, 1.54) is 14.2 Å². The molecule has 0 saturated carbocycles. The van der Waals surface area contributed by atoms with Gasteiger partial charge in [0.1, 0.15) is 0 Å². The van der Waals surface area contributed by atoms with Gasteiger partial charge >= 0.3 is 0 Å². The number of anilines is 1. The molecule has 0 bridgehead atoms. The van der Waals surface area contributed by atoms with Gasteiger partial charge in [0.15, 0.2) is 11.5 Å². The summed E-state index contributed by atoms with van der Waals surface area (Å²) in [6, 6.07) is 5.13. The highest BCUT2D eigenvalue weighted by atomic mass is 16.5. The van der Waals surface area contributed by atoms with Crippen LogP contribution < -0.4 is 19.9 Å². The van der Waals surface area contributed by atoms with Crippen molar-refractivity contribution in [3.8, 4) is 11.5 Å². The summed E-state index contributed by atoms with van der Waals surface area (Å²) in [6.45, 7) is 4.69. The molecular formula is C22H25N5O4. The van der Waals surface area contributed by atoms with E-state index in [9.17, 15) is 9.59 Å². The molecule has 9 nitrogen and oxygen atoms in total. The molecule has 1 saturated heterocycles. The van der Waals surface area contributed by atoms with Gasteiger partial charge in [-0.25, -0.2) is 9.97 Å². The van der Waals surface area contributed by atoms with E-state index in [-0.39, 0.29) is 11.5 Å². The van der Waals surface area contributed by atoms with E-state index in [1.807, 2.05) is 6.92 Å². The Kier molecular flexibility index (Phi) is 5.75. The first-order valence-electron chi connectivity index (χ1n) is 10.2. The lowest BCUT2D eigenvalue weighted by Crippen LogP contribution is -2.49. The topological polar surface area (TPSA) is 89.8 Å². The first-order valence-corrected chi connectivity index (χ1v) is 10.2. The molecule has 0 spiro atoms. The third-order valence-corrected chi connectivity index (χ3v) is 5.56. The smallest absolute Gasteiger partial charge is 0.258 e. The number of ether oxygens (including phenoxy) is 2. The van der Waals surface area contributed by atoms with Crippen LogP contribution in [0.1, 0.15) is 17.3 Å². The Hall–Kier alpha value is -3.62. The van der Waals surface area contributed by atoms with E-state index in [2.05, 4.69) is 14.9 Å². The molecule has 4 rings (SSSR count). The molecule has 162 valence electrons. The number of aromatic nitrogens is 3. The molecule has 31 heavy (non-hydrogen) atoms. The number of amides is 1. The molecule has 0 N–H and O–H groups in total. The molecule has 1 aliphatic rings. The van der Waals surface area contributed by atoms with Crippen molar-refractivity contribution >= 4 is 22.6 Å². The Morgan fingerprint density at radius 3 is 2.19 bits per heavy atom. The molecular weight excluding hydrogens is 398 g/mol.